The van der Waals surface area contributed by atoms with Crippen LogP contribution in [0, 0.1) is 20.8 Å². The third kappa shape index (κ3) is 3.46. The summed E-state index contributed by atoms with van der Waals surface area (Å²) in [6.07, 6.45) is 1.94. The maximum atomic E-state index is 13.2. The lowest BCUT2D eigenvalue weighted by Crippen LogP contribution is -2.27. The zero-order chi connectivity index (χ0) is 21.4. The molecule has 1 amide bonds. The minimum absolute atomic E-state index is 0.129. The van der Waals surface area contributed by atoms with Crippen molar-refractivity contribution in [2.75, 3.05) is 12.0 Å². The van der Waals surface area contributed by atoms with Crippen molar-refractivity contribution in [3.63, 3.8) is 0 Å². The topological polar surface area (TPSA) is 34.5 Å². The van der Waals surface area contributed by atoms with Crippen molar-refractivity contribution in [1.29, 1.82) is 0 Å². The summed E-state index contributed by atoms with van der Waals surface area (Å²) in [6.45, 7) is 6.26. The molecule has 6 heteroatoms. The first-order valence-electron chi connectivity index (χ1n) is 9.58. The van der Waals surface area contributed by atoms with E-state index in [1.807, 2.05) is 42.5 Å². The number of para-hydroxylation sites is 3. The molecule has 0 bridgehead atoms. The number of hydrogen-bond donors (Lipinski definition) is 0. The van der Waals surface area contributed by atoms with Gasteiger partial charge in [-0.15, -0.1) is 0 Å². The van der Waals surface area contributed by atoms with Crippen molar-refractivity contribution in [1.82, 2.24) is 4.57 Å². The number of anilines is 1. The first-order valence-corrected chi connectivity index (χ1v) is 10.8. The van der Waals surface area contributed by atoms with Crippen LogP contribution in [0.3, 0.4) is 0 Å². The minimum atomic E-state index is -0.129. The van der Waals surface area contributed by atoms with Crippen molar-refractivity contribution in [3.05, 3.63) is 82.0 Å². The van der Waals surface area contributed by atoms with Crippen LogP contribution in [0.5, 0.6) is 5.75 Å². The first-order chi connectivity index (χ1) is 14.4. The van der Waals surface area contributed by atoms with Gasteiger partial charge in [-0.1, -0.05) is 54.3 Å². The van der Waals surface area contributed by atoms with E-state index in [0.717, 1.165) is 22.6 Å². The molecule has 1 aliphatic heterocycles. The van der Waals surface area contributed by atoms with Crippen LogP contribution in [0.2, 0.25) is 0 Å². The lowest BCUT2D eigenvalue weighted by atomic mass is 10.2. The second-order valence-electron chi connectivity index (χ2n) is 7.14. The minimum Gasteiger partial charge on any atom is -0.495 e. The van der Waals surface area contributed by atoms with Gasteiger partial charge in [0, 0.05) is 17.1 Å². The van der Waals surface area contributed by atoms with E-state index in [2.05, 4.69) is 43.5 Å². The zero-order valence-electron chi connectivity index (χ0n) is 17.3. The number of carbonyl (C=O) groups is 1. The fourth-order valence-corrected chi connectivity index (χ4v) is 5.03. The zero-order valence-corrected chi connectivity index (χ0v) is 18.9. The molecule has 0 radical (unpaired) electrons. The van der Waals surface area contributed by atoms with Crippen LogP contribution in [-0.2, 0) is 4.79 Å². The van der Waals surface area contributed by atoms with E-state index in [1.165, 1.54) is 17.3 Å². The van der Waals surface area contributed by atoms with Crippen molar-refractivity contribution >= 4 is 46.0 Å². The molecule has 30 heavy (non-hydrogen) atoms. The molecule has 0 atom stereocenters. The molecular formula is C24H22N2O2S2. The number of aromatic nitrogens is 1. The van der Waals surface area contributed by atoms with Gasteiger partial charge in [0.25, 0.3) is 5.91 Å². The highest BCUT2D eigenvalue weighted by atomic mass is 32.2. The lowest BCUT2D eigenvalue weighted by Gasteiger charge is -2.17. The van der Waals surface area contributed by atoms with Crippen LogP contribution in [0.25, 0.3) is 11.8 Å². The van der Waals surface area contributed by atoms with Crippen LogP contribution in [0.15, 0.2) is 59.5 Å². The maximum Gasteiger partial charge on any atom is 0.270 e. The summed E-state index contributed by atoms with van der Waals surface area (Å²) in [7, 11) is 1.59. The summed E-state index contributed by atoms with van der Waals surface area (Å²) in [5, 5.41) is 0. The number of aryl methyl sites for hydroxylation is 2. The van der Waals surface area contributed by atoms with Crippen molar-refractivity contribution < 1.29 is 9.53 Å². The van der Waals surface area contributed by atoms with E-state index in [9.17, 15) is 4.79 Å². The van der Waals surface area contributed by atoms with Gasteiger partial charge in [-0.25, -0.2) is 0 Å². The summed E-state index contributed by atoms with van der Waals surface area (Å²) < 4.78 is 8.15. The summed E-state index contributed by atoms with van der Waals surface area (Å²) in [5.74, 6) is 0.489. The van der Waals surface area contributed by atoms with E-state index >= 15 is 0 Å². The van der Waals surface area contributed by atoms with Crippen molar-refractivity contribution in [2.24, 2.45) is 0 Å². The Bertz CT molecular complexity index is 1190. The van der Waals surface area contributed by atoms with Gasteiger partial charge in [0.15, 0.2) is 4.32 Å². The van der Waals surface area contributed by atoms with Crippen LogP contribution >= 0.6 is 24.0 Å². The van der Waals surface area contributed by atoms with Gasteiger partial charge in [0.05, 0.1) is 17.7 Å². The van der Waals surface area contributed by atoms with Crippen LogP contribution in [0.4, 0.5) is 5.69 Å². The highest BCUT2D eigenvalue weighted by Crippen LogP contribution is 2.40. The van der Waals surface area contributed by atoms with Gasteiger partial charge in [-0.05, 0) is 62.2 Å². The van der Waals surface area contributed by atoms with Crippen LogP contribution in [0.1, 0.15) is 22.5 Å². The summed E-state index contributed by atoms with van der Waals surface area (Å²) in [4.78, 5) is 15.4. The average Bonchev–Trinajstić information content (AvgIpc) is 3.17. The number of methoxy groups -OCH3 is 1. The SMILES string of the molecule is COc1ccccc1N1C(=O)C(=Cc2cc(C)n(-c3ccccc3C)c2C)SC1=S. The maximum absolute atomic E-state index is 13.2. The Hall–Kier alpha value is -2.83. The molecule has 2 heterocycles. The van der Waals surface area contributed by atoms with Gasteiger partial charge < -0.3 is 9.30 Å². The smallest absolute Gasteiger partial charge is 0.270 e. The molecule has 0 N–H and O–H groups in total. The molecule has 4 nitrogen and oxygen atoms in total. The Balaban J connectivity index is 1.73. The number of amides is 1. The van der Waals surface area contributed by atoms with Gasteiger partial charge in [0.1, 0.15) is 5.75 Å². The number of benzene rings is 2. The van der Waals surface area contributed by atoms with Gasteiger partial charge in [-0.3, -0.25) is 9.69 Å². The number of nitrogens with zero attached hydrogens (tertiary/aromatic N) is 2. The van der Waals surface area contributed by atoms with Gasteiger partial charge >= 0.3 is 0 Å². The monoisotopic (exact) mass is 434 g/mol. The average molecular weight is 435 g/mol. The van der Waals surface area contributed by atoms with E-state index in [4.69, 9.17) is 17.0 Å². The molecule has 1 aromatic heterocycles. The van der Waals surface area contributed by atoms with Crippen molar-refractivity contribution in [3.8, 4) is 11.4 Å². The molecular weight excluding hydrogens is 412 g/mol. The number of carbonyl (C=O) groups excluding carboxylic acids is 1. The Morgan fingerprint density at radius 2 is 1.67 bits per heavy atom. The highest BCUT2D eigenvalue weighted by Gasteiger charge is 2.35. The molecule has 1 fully saturated rings. The van der Waals surface area contributed by atoms with Gasteiger partial charge in [-0.2, -0.15) is 0 Å². The molecule has 4 rings (SSSR count). The second kappa shape index (κ2) is 8.13. The number of thioether (sulfide) groups is 1. The van der Waals surface area contributed by atoms with Crippen molar-refractivity contribution in [2.45, 2.75) is 20.8 Å². The van der Waals surface area contributed by atoms with Crippen LogP contribution < -0.4 is 9.64 Å². The number of ether oxygens (including phenoxy) is 1. The molecule has 2 aromatic carbocycles. The molecule has 3 aromatic rings. The molecule has 1 aliphatic rings. The molecule has 0 aliphatic carbocycles. The Morgan fingerprint density at radius 3 is 2.37 bits per heavy atom. The quantitative estimate of drug-likeness (QED) is 0.383. The third-order valence-corrected chi connectivity index (χ3v) is 6.54. The number of hydrogen-bond acceptors (Lipinski definition) is 4. The van der Waals surface area contributed by atoms with E-state index in [0.29, 0.717) is 20.7 Å². The first kappa shape index (κ1) is 20.4. The summed E-state index contributed by atoms with van der Waals surface area (Å²) in [6, 6.07) is 17.8. The van der Waals surface area contributed by atoms with Gasteiger partial charge in [0.2, 0.25) is 0 Å². The second-order valence-corrected chi connectivity index (χ2v) is 8.81. The fraction of sp³-hybridized carbons (Fsp3) is 0.167. The van der Waals surface area contributed by atoms with Crippen LogP contribution in [-0.4, -0.2) is 21.9 Å². The molecule has 0 saturated carbocycles. The predicted molar refractivity (Wildman–Crippen MR) is 129 cm³/mol. The normalized spacial score (nSPS) is 15.3. The number of thiocarbonyl (C=S) groups is 1. The Kier molecular flexibility index (Phi) is 5.54. The largest absolute Gasteiger partial charge is 0.495 e. The molecule has 0 spiro atoms. The Morgan fingerprint density at radius 1 is 1.00 bits per heavy atom. The summed E-state index contributed by atoms with van der Waals surface area (Å²) in [5.41, 5.74) is 6.23. The molecule has 1 saturated heterocycles. The highest BCUT2D eigenvalue weighted by molar-refractivity contribution is 8.27. The predicted octanol–water partition coefficient (Wildman–Crippen LogP) is 5.82. The third-order valence-electron chi connectivity index (χ3n) is 5.23. The fourth-order valence-electron chi connectivity index (χ4n) is 3.75. The standard InChI is InChI=1S/C24H22N2O2S2/c1-15-9-5-6-10-19(15)25-16(2)13-18(17(25)3)14-22-23(27)26(24(29)30-22)20-11-7-8-12-21(20)28-4/h5-14H,1-4H3. The molecule has 152 valence electrons. The lowest BCUT2D eigenvalue weighted by molar-refractivity contribution is -0.113. The van der Waals surface area contributed by atoms with E-state index < -0.39 is 0 Å². The Labute approximate surface area is 186 Å². The summed E-state index contributed by atoms with van der Waals surface area (Å²) >= 11 is 6.84. The number of rotatable bonds is 4. The van der Waals surface area contributed by atoms with E-state index in [1.54, 1.807) is 12.0 Å². The molecule has 0 unspecified atom stereocenters. The van der Waals surface area contributed by atoms with E-state index in [-0.39, 0.29) is 5.91 Å².